The maximum absolute atomic E-state index is 13.6. The van der Waals surface area contributed by atoms with Crippen molar-refractivity contribution in [2.45, 2.75) is 0 Å². The van der Waals surface area contributed by atoms with E-state index in [1.165, 1.54) is 6.07 Å². The number of para-hydroxylation sites is 1. The third-order valence-electron chi connectivity index (χ3n) is 5.76. The fourth-order valence-corrected chi connectivity index (χ4v) is 9.96. The van der Waals surface area contributed by atoms with Gasteiger partial charge in [0.15, 0.2) is 0 Å². The Morgan fingerprint density at radius 2 is 1.06 bits per heavy atom. The van der Waals surface area contributed by atoms with E-state index in [1.807, 2.05) is 91.0 Å². The molecule has 0 heterocycles. The number of anilines is 1. The Hall–Kier alpha value is -3.46. The first-order chi connectivity index (χ1) is 15.9. The fourth-order valence-electron chi connectivity index (χ4n) is 4.18. The van der Waals surface area contributed by atoms with Gasteiger partial charge in [0, 0.05) is 0 Å². The van der Waals surface area contributed by atoms with E-state index in [9.17, 15) is 14.7 Å². The Balaban J connectivity index is 1.91. The molecule has 1 amide bonds. The Labute approximate surface area is 197 Å². The van der Waals surface area contributed by atoms with E-state index in [0.717, 1.165) is 15.9 Å². The summed E-state index contributed by atoms with van der Waals surface area (Å²) in [4.78, 5) is 25.2. The van der Waals surface area contributed by atoms with Gasteiger partial charge in [-0.1, -0.05) is 0 Å². The molecule has 4 aromatic rings. The Kier molecular flexibility index (Phi) is 6.33. The molecule has 0 aromatic heterocycles. The first-order valence-electron chi connectivity index (χ1n) is 10.5. The molecule has 0 saturated carbocycles. The molecule has 4 rings (SSSR count). The summed E-state index contributed by atoms with van der Waals surface area (Å²) in [5.74, 6) is -5.25. The van der Waals surface area contributed by atoms with E-state index < -0.39 is 11.9 Å². The van der Waals surface area contributed by atoms with Crippen LogP contribution in [0.3, 0.4) is 0 Å². The van der Waals surface area contributed by atoms with Crippen LogP contribution in [0.25, 0.3) is 0 Å². The van der Waals surface area contributed by atoms with E-state index in [-0.39, 0.29) is 23.3 Å². The SMILES string of the molecule is O=C(CP(Cl)(c1ccccc1)(c1ccccc1)c1ccccc1)Nc1ccccc1C(=O)O. The molecule has 33 heavy (non-hydrogen) atoms. The summed E-state index contributed by atoms with van der Waals surface area (Å²) in [6.45, 7) is 0. The van der Waals surface area contributed by atoms with Crippen molar-refractivity contribution in [1.82, 2.24) is 0 Å². The Bertz CT molecular complexity index is 1180. The normalized spacial score (nSPS) is 12.3. The van der Waals surface area contributed by atoms with E-state index in [0.29, 0.717) is 0 Å². The second-order valence-corrected chi connectivity index (χ2v) is 14.2. The van der Waals surface area contributed by atoms with Crippen LogP contribution < -0.4 is 21.2 Å². The van der Waals surface area contributed by atoms with Crippen LogP contribution in [0.4, 0.5) is 5.69 Å². The van der Waals surface area contributed by atoms with Crippen LogP contribution in [0.15, 0.2) is 115 Å². The van der Waals surface area contributed by atoms with Crippen molar-refractivity contribution in [2.75, 3.05) is 11.5 Å². The molecule has 0 bridgehead atoms. The molecule has 0 aliphatic carbocycles. The molecule has 4 aromatic carbocycles. The molecule has 4 nitrogen and oxygen atoms in total. The van der Waals surface area contributed by atoms with Gasteiger partial charge < -0.3 is 0 Å². The third-order valence-corrected chi connectivity index (χ3v) is 12.9. The summed E-state index contributed by atoms with van der Waals surface area (Å²) >= 11 is 7.89. The molecule has 166 valence electrons. The van der Waals surface area contributed by atoms with Gasteiger partial charge in [-0.25, -0.2) is 0 Å². The molecule has 2 N–H and O–H groups in total. The summed E-state index contributed by atoms with van der Waals surface area (Å²) < 4.78 is 0. The monoisotopic (exact) mass is 475 g/mol. The molecular formula is C27H23ClNO3P. The van der Waals surface area contributed by atoms with Crippen molar-refractivity contribution < 1.29 is 14.7 Å². The van der Waals surface area contributed by atoms with Gasteiger partial charge in [0.25, 0.3) is 0 Å². The molecule has 6 heteroatoms. The van der Waals surface area contributed by atoms with Gasteiger partial charge in [0.1, 0.15) is 0 Å². The summed E-state index contributed by atoms with van der Waals surface area (Å²) in [7, 11) is 0. The quantitative estimate of drug-likeness (QED) is 0.369. The number of nitrogens with one attached hydrogen (secondary N) is 1. The molecule has 0 atom stereocenters. The summed E-state index contributed by atoms with van der Waals surface area (Å²) in [6, 6.07) is 35.4. The average molecular weight is 476 g/mol. The van der Waals surface area contributed by atoms with Crippen LogP contribution in [0, 0.1) is 0 Å². The average Bonchev–Trinajstić information content (AvgIpc) is 2.86. The second-order valence-electron chi connectivity index (χ2n) is 7.75. The van der Waals surface area contributed by atoms with Gasteiger partial charge in [0.05, 0.1) is 0 Å². The van der Waals surface area contributed by atoms with Crippen LogP contribution in [0.1, 0.15) is 10.4 Å². The van der Waals surface area contributed by atoms with Crippen LogP contribution >= 0.6 is 17.2 Å². The number of amides is 1. The van der Waals surface area contributed by atoms with Crippen LogP contribution in [-0.2, 0) is 4.79 Å². The molecule has 0 spiro atoms. The number of rotatable bonds is 7. The molecule has 0 radical (unpaired) electrons. The second kappa shape index (κ2) is 9.19. The zero-order valence-corrected chi connectivity index (χ0v) is 19.4. The summed E-state index contributed by atoms with van der Waals surface area (Å²) in [6.07, 6.45) is -0.0286. The number of halogens is 1. The zero-order valence-electron chi connectivity index (χ0n) is 17.8. The predicted octanol–water partition coefficient (Wildman–Crippen LogP) is 5.01. The van der Waals surface area contributed by atoms with Crippen molar-refractivity contribution in [1.29, 1.82) is 0 Å². The van der Waals surface area contributed by atoms with Crippen molar-refractivity contribution in [2.24, 2.45) is 0 Å². The molecular weight excluding hydrogens is 453 g/mol. The molecule has 0 aliphatic heterocycles. The first-order valence-corrected chi connectivity index (χ1v) is 13.8. The minimum absolute atomic E-state index is 0.0277. The summed E-state index contributed by atoms with van der Waals surface area (Å²) in [5.41, 5.74) is 0.269. The third kappa shape index (κ3) is 4.16. The number of carbonyl (C=O) groups excluding carboxylic acids is 1. The van der Waals surface area contributed by atoms with Crippen LogP contribution in [0.2, 0.25) is 0 Å². The van der Waals surface area contributed by atoms with Gasteiger partial charge in [-0.3, -0.25) is 0 Å². The maximum atomic E-state index is 13.6. The first kappa shape index (κ1) is 22.7. The van der Waals surface area contributed by atoms with Gasteiger partial charge in [-0.2, -0.15) is 0 Å². The number of carbonyl (C=O) groups is 2. The van der Waals surface area contributed by atoms with Gasteiger partial charge in [-0.05, 0) is 0 Å². The standard InChI is InChI=1S/C27H23ClNO3P/c28-33(21-12-4-1-5-13-21,22-14-6-2-7-15-22,23-16-8-3-9-17-23)20-26(30)29-25-19-11-10-18-24(25)27(31)32/h1-19H,20H2,(H,29,30)(H,31,32). The topological polar surface area (TPSA) is 66.4 Å². The van der Waals surface area contributed by atoms with E-state index in [2.05, 4.69) is 5.32 Å². The minimum atomic E-state index is -3.79. The fraction of sp³-hybridized carbons (Fsp3) is 0.0370. The van der Waals surface area contributed by atoms with E-state index >= 15 is 0 Å². The van der Waals surface area contributed by atoms with Crippen molar-refractivity contribution in [3.8, 4) is 0 Å². The number of aromatic carboxylic acids is 1. The van der Waals surface area contributed by atoms with Crippen LogP contribution in [-0.4, -0.2) is 23.1 Å². The molecule has 0 fully saturated rings. The zero-order chi connectivity index (χ0) is 23.3. The molecule has 0 saturated heterocycles. The Morgan fingerprint density at radius 1 is 0.667 bits per heavy atom. The van der Waals surface area contributed by atoms with Gasteiger partial charge >= 0.3 is 198 Å². The van der Waals surface area contributed by atoms with Crippen molar-refractivity contribution >= 4 is 50.7 Å². The van der Waals surface area contributed by atoms with Crippen LogP contribution in [0.5, 0.6) is 0 Å². The number of carboxylic acid groups (broad SMARTS) is 1. The number of hydrogen-bond acceptors (Lipinski definition) is 2. The number of hydrogen-bond donors (Lipinski definition) is 2. The summed E-state index contributed by atoms with van der Waals surface area (Å²) in [5, 5.41) is 14.9. The molecule has 0 aliphatic rings. The van der Waals surface area contributed by atoms with Crippen molar-refractivity contribution in [3.63, 3.8) is 0 Å². The number of carboxylic acids is 1. The van der Waals surface area contributed by atoms with Gasteiger partial charge in [-0.15, -0.1) is 0 Å². The number of benzene rings is 4. The Morgan fingerprint density at radius 3 is 1.48 bits per heavy atom. The predicted molar refractivity (Wildman–Crippen MR) is 138 cm³/mol. The van der Waals surface area contributed by atoms with Gasteiger partial charge in [0.2, 0.25) is 0 Å². The molecule has 0 unspecified atom stereocenters. The van der Waals surface area contributed by atoms with E-state index in [4.69, 9.17) is 11.2 Å². The van der Waals surface area contributed by atoms with E-state index in [1.54, 1.807) is 18.2 Å². The van der Waals surface area contributed by atoms with Crippen molar-refractivity contribution in [3.05, 3.63) is 121 Å².